The Morgan fingerprint density at radius 3 is 3.00 bits per heavy atom. The van der Waals surface area contributed by atoms with Crippen LogP contribution in [0.2, 0.25) is 5.02 Å². The van der Waals surface area contributed by atoms with Crippen LogP contribution in [0.5, 0.6) is 0 Å². The van der Waals surface area contributed by atoms with Crippen LogP contribution in [0.15, 0.2) is 24.3 Å². The second-order valence-corrected chi connectivity index (χ2v) is 4.07. The van der Waals surface area contributed by atoms with Crippen LogP contribution in [-0.2, 0) is 11.2 Å². The van der Waals surface area contributed by atoms with Crippen LogP contribution < -0.4 is 10.6 Å². The summed E-state index contributed by atoms with van der Waals surface area (Å²) < 4.78 is 0. The van der Waals surface area contributed by atoms with Crippen LogP contribution in [0, 0.1) is 0 Å². The van der Waals surface area contributed by atoms with Gasteiger partial charge in [0.1, 0.15) is 0 Å². The van der Waals surface area contributed by atoms with E-state index in [1.807, 2.05) is 24.3 Å². The Morgan fingerprint density at radius 1 is 1.40 bits per heavy atom. The smallest absolute Gasteiger partial charge is 0.237 e. The molecule has 1 saturated heterocycles. The quantitative estimate of drug-likeness (QED) is 0.786. The Labute approximate surface area is 93.8 Å². The van der Waals surface area contributed by atoms with Gasteiger partial charge in [-0.1, -0.05) is 23.7 Å². The monoisotopic (exact) mass is 224 g/mol. The maximum atomic E-state index is 11.5. The van der Waals surface area contributed by atoms with Crippen molar-refractivity contribution in [2.24, 2.45) is 0 Å². The molecule has 1 aliphatic rings. The predicted octanol–water partition coefficient (Wildman–Crippen LogP) is 0.970. The number of carbonyl (C=O) groups excluding carboxylic acids is 1. The van der Waals surface area contributed by atoms with Gasteiger partial charge in [0, 0.05) is 18.1 Å². The first-order valence-electron chi connectivity index (χ1n) is 5.01. The summed E-state index contributed by atoms with van der Waals surface area (Å²) in [4.78, 5) is 11.5. The van der Waals surface area contributed by atoms with Gasteiger partial charge in [-0.25, -0.2) is 0 Å². The number of benzene rings is 1. The summed E-state index contributed by atoms with van der Waals surface area (Å²) in [6.45, 7) is 1.54. The van der Waals surface area contributed by atoms with Gasteiger partial charge < -0.3 is 10.6 Å². The number of halogens is 1. The Balaban J connectivity index is 2.04. The molecule has 2 N–H and O–H groups in total. The molecule has 1 aromatic rings. The van der Waals surface area contributed by atoms with E-state index in [0.29, 0.717) is 18.0 Å². The number of hydrogen-bond acceptors (Lipinski definition) is 2. The highest BCUT2D eigenvalue weighted by atomic mass is 35.5. The predicted molar refractivity (Wildman–Crippen MR) is 60.0 cm³/mol. The summed E-state index contributed by atoms with van der Waals surface area (Å²) in [6.07, 6.45) is 0.687. The highest BCUT2D eigenvalue weighted by Crippen LogP contribution is 2.12. The normalized spacial score (nSPS) is 21.1. The molecule has 0 bridgehead atoms. The molecule has 15 heavy (non-hydrogen) atoms. The summed E-state index contributed by atoms with van der Waals surface area (Å²) in [5.74, 6) is 0.0706. The topological polar surface area (TPSA) is 41.1 Å². The summed E-state index contributed by atoms with van der Waals surface area (Å²) in [5.41, 5.74) is 1.08. The molecule has 1 fully saturated rings. The number of carbonyl (C=O) groups is 1. The number of rotatable bonds is 2. The third-order valence-electron chi connectivity index (χ3n) is 2.46. The SMILES string of the molecule is O=C1NCCN[C@@H]1Cc1cccc(Cl)c1. The number of nitrogens with one attached hydrogen (secondary N) is 2. The van der Waals surface area contributed by atoms with E-state index < -0.39 is 0 Å². The first-order valence-corrected chi connectivity index (χ1v) is 5.39. The first-order chi connectivity index (χ1) is 7.25. The Kier molecular flexibility index (Phi) is 3.23. The van der Waals surface area contributed by atoms with E-state index in [2.05, 4.69) is 10.6 Å². The van der Waals surface area contributed by atoms with E-state index in [9.17, 15) is 4.79 Å². The molecule has 1 aliphatic heterocycles. The van der Waals surface area contributed by atoms with Crippen LogP contribution in [0.3, 0.4) is 0 Å². The zero-order chi connectivity index (χ0) is 10.7. The molecular weight excluding hydrogens is 212 g/mol. The zero-order valence-electron chi connectivity index (χ0n) is 8.29. The van der Waals surface area contributed by atoms with Gasteiger partial charge in [0.2, 0.25) is 5.91 Å². The summed E-state index contributed by atoms with van der Waals surface area (Å²) >= 11 is 5.88. The van der Waals surface area contributed by atoms with E-state index in [1.165, 1.54) is 0 Å². The number of piperazine rings is 1. The van der Waals surface area contributed by atoms with Gasteiger partial charge >= 0.3 is 0 Å². The lowest BCUT2D eigenvalue weighted by Gasteiger charge is -2.23. The van der Waals surface area contributed by atoms with Crippen LogP contribution >= 0.6 is 11.6 Å². The number of amides is 1. The molecule has 0 aromatic heterocycles. The molecule has 0 radical (unpaired) electrons. The van der Waals surface area contributed by atoms with Crippen molar-refractivity contribution in [2.75, 3.05) is 13.1 Å². The van der Waals surface area contributed by atoms with Gasteiger partial charge in [-0.3, -0.25) is 4.79 Å². The highest BCUT2D eigenvalue weighted by Gasteiger charge is 2.21. The van der Waals surface area contributed by atoms with Crippen LogP contribution in [0.25, 0.3) is 0 Å². The maximum absolute atomic E-state index is 11.5. The first kappa shape index (κ1) is 10.5. The molecule has 0 unspecified atom stereocenters. The molecule has 2 rings (SSSR count). The average Bonchev–Trinajstić information content (AvgIpc) is 2.22. The molecule has 0 saturated carbocycles. The second kappa shape index (κ2) is 4.64. The minimum Gasteiger partial charge on any atom is -0.353 e. The third kappa shape index (κ3) is 2.70. The fourth-order valence-corrected chi connectivity index (χ4v) is 1.93. The molecule has 4 heteroatoms. The van der Waals surface area contributed by atoms with Crippen molar-refractivity contribution in [2.45, 2.75) is 12.5 Å². The van der Waals surface area contributed by atoms with Crippen molar-refractivity contribution in [3.05, 3.63) is 34.9 Å². The van der Waals surface area contributed by atoms with Crippen molar-refractivity contribution in [1.29, 1.82) is 0 Å². The van der Waals surface area contributed by atoms with E-state index in [0.717, 1.165) is 12.1 Å². The molecule has 1 heterocycles. The van der Waals surface area contributed by atoms with Crippen molar-refractivity contribution < 1.29 is 4.79 Å². The van der Waals surface area contributed by atoms with Crippen molar-refractivity contribution in [3.63, 3.8) is 0 Å². The Bertz CT molecular complexity index is 367. The largest absolute Gasteiger partial charge is 0.353 e. The molecule has 1 aromatic carbocycles. The minimum absolute atomic E-state index is 0.0706. The van der Waals surface area contributed by atoms with Gasteiger partial charge in [-0.15, -0.1) is 0 Å². The minimum atomic E-state index is -0.128. The lowest BCUT2D eigenvalue weighted by molar-refractivity contribution is -0.124. The Hall–Kier alpha value is -1.06. The number of hydrogen-bond donors (Lipinski definition) is 2. The van der Waals surface area contributed by atoms with Crippen LogP contribution in [0.1, 0.15) is 5.56 Å². The molecule has 80 valence electrons. The van der Waals surface area contributed by atoms with Crippen molar-refractivity contribution in [3.8, 4) is 0 Å². The lowest BCUT2D eigenvalue weighted by Crippen LogP contribution is -2.53. The van der Waals surface area contributed by atoms with E-state index in [1.54, 1.807) is 0 Å². The average molecular weight is 225 g/mol. The molecule has 0 spiro atoms. The van der Waals surface area contributed by atoms with Gasteiger partial charge in [-0.05, 0) is 24.1 Å². The van der Waals surface area contributed by atoms with Gasteiger partial charge in [-0.2, -0.15) is 0 Å². The van der Waals surface area contributed by atoms with Gasteiger partial charge in [0.15, 0.2) is 0 Å². The third-order valence-corrected chi connectivity index (χ3v) is 2.70. The Morgan fingerprint density at radius 2 is 2.27 bits per heavy atom. The fraction of sp³-hybridized carbons (Fsp3) is 0.364. The molecule has 0 aliphatic carbocycles. The van der Waals surface area contributed by atoms with E-state index in [4.69, 9.17) is 11.6 Å². The van der Waals surface area contributed by atoms with E-state index in [-0.39, 0.29) is 11.9 Å². The molecule has 1 atom stereocenters. The lowest BCUT2D eigenvalue weighted by atomic mass is 10.0. The molecular formula is C11H13ClN2O. The zero-order valence-corrected chi connectivity index (χ0v) is 9.05. The van der Waals surface area contributed by atoms with E-state index >= 15 is 0 Å². The standard InChI is InChI=1S/C11H13ClN2O/c12-9-3-1-2-8(6-9)7-10-11(15)14-5-4-13-10/h1-3,6,10,13H,4-5,7H2,(H,14,15)/t10-/m1/s1. The van der Waals surface area contributed by atoms with Crippen LogP contribution in [0.4, 0.5) is 0 Å². The van der Waals surface area contributed by atoms with Gasteiger partial charge in [0.25, 0.3) is 0 Å². The van der Waals surface area contributed by atoms with Crippen molar-refractivity contribution >= 4 is 17.5 Å². The van der Waals surface area contributed by atoms with Crippen molar-refractivity contribution in [1.82, 2.24) is 10.6 Å². The second-order valence-electron chi connectivity index (χ2n) is 3.63. The highest BCUT2D eigenvalue weighted by molar-refractivity contribution is 6.30. The van der Waals surface area contributed by atoms with Crippen LogP contribution in [-0.4, -0.2) is 25.0 Å². The summed E-state index contributed by atoms with van der Waals surface area (Å²) in [5, 5.41) is 6.73. The fourth-order valence-electron chi connectivity index (χ4n) is 1.71. The molecule has 1 amide bonds. The summed E-state index contributed by atoms with van der Waals surface area (Å²) in [6, 6.07) is 7.48. The summed E-state index contributed by atoms with van der Waals surface area (Å²) in [7, 11) is 0. The molecule has 3 nitrogen and oxygen atoms in total. The van der Waals surface area contributed by atoms with Gasteiger partial charge in [0.05, 0.1) is 6.04 Å². The maximum Gasteiger partial charge on any atom is 0.237 e.